The normalized spacial score (nSPS) is 13.6. The molecule has 0 fully saturated rings. The Kier molecular flexibility index (Phi) is 4.22. The quantitative estimate of drug-likeness (QED) is 0.774. The molecule has 3 aromatic rings. The third-order valence-electron chi connectivity index (χ3n) is 5.21. The van der Waals surface area contributed by atoms with E-state index in [0.29, 0.717) is 18.7 Å². The number of hydrogen-bond acceptors (Lipinski definition) is 4. The maximum atomic E-state index is 13.0. The highest BCUT2D eigenvalue weighted by molar-refractivity contribution is 5.96. The number of fused-ring (bicyclic) bond motifs is 1. The lowest BCUT2D eigenvalue weighted by Crippen LogP contribution is -2.36. The molecule has 4 rings (SSSR count). The summed E-state index contributed by atoms with van der Waals surface area (Å²) in [5.74, 6) is 1.67. The molecule has 0 aliphatic carbocycles. The van der Waals surface area contributed by atoms with Gasteiger partial charge in [0.2, 0.25) is 0 Å². The van der Waals surface area contributed by atoms with E-state index in [2.05, 4.69) is 10.1 Å². The first-order valence-electron chi connectivity index (χ1n) is 8.99. The van der Waals surface area contributed by atoms with Gasteiger partial charge in [-0.05, 0) is 38.1 Å². The summed E-state index contributed by atoms with van der Waals surface area (Å²) < 4.78 is 6.97. The van der Waals surface area contributed by atoms with Crippen LogP contribution in [0.5, 0.6) is 5.75 Å². The highest BCUT2D eigenvalue weighted by Gasteiger charge is 2.28. The molecular formula is C20H23N5O2. The lowest BCUT2D eigenvalue weighted by Gasteiger charge is -2.26. The average Bonchev–Trinajstić information content (AvgIpc) is 3.21. The van der Waals surface area contributed by atoms with Crippen LogP contribution in [0.15, 0.2) is 24.3 Å². The van der Waals surface area contributed by atoms with Crippen molar-refractivity contribution >= 4 is 5.91 Å². The molecule has 140 valence electrons. The molecule has 1 amide bonds. The van der Waals surface area contributed by atoms with Gasteiger partial charge in [0.1, 0.15) is 11.6 Å². The second-order valence-corrected chi connectivity index (χ2v) is 6.89. The van der Waals surface area contributed by atoms with E-state index >= 15 is 0 Å². The largest absolute Gasteiger partial charge is 0.497 e. The van der Waals surface area contributed by atoms with Gasteiger partial charge in [-0.3, -0.25) is 9.48 Å². The number of nitrogens with one attached hydrogen (secondary N) is 1. The number of aromatic nitrogens is 4. The Bertz CT molecular complexity index is 1000. The minimum atomic E-state index is 0.0318. The molecule has 3 heterocycles. The standard InChI is InChI=1S/C20H23N5O2/c1-12-18(13(2)24(3)23-12)20(26)25-10-9-16-17(11-25)22-19(21-16)14-5-7-15(27-4)8-6-14/h5-8H,9-11H2,1-4H3,(H,21,22). The zero-order valence-electron chi connectivity index (χ0n) is 16.0. The number of methoxy groups -OCH3 is 1. The highest BCUT2D eigenvalue weighted by atomic mass is 16.5. The lowest BCUT2D eigenvalue weighted by atomic mass is 10.1. The molecular weight excluding hydrogens is 342 g/mol. The number of aryl methyl sites for hydroxylation is 2. The van der Waals surface area contributed by atoms with Gasteiger partial charge in [-0.15, -0.1) is 0 Å². The number of carbonyl (C=O) groups is 1. The van der Waals surface area contributed by atoms with Gasteiger partial charge in [0.15, 0.2) is 0 Å². The fourth-order valence-corrected chi connectivity index (χ4v) is 3.59. The Balaban J connectivity index is 1.58. The van der Waals surface area contributed by atoms with E-state index in [1.54, 1.807) is 11.8 Å². The Morgan fingerprint density at radius 1 is 1.22 bits per heavy atom. The van der Waals surface area contributed by atoms with E-state index in [0.717, 1.165) is 46.3 Å². The summed E-state index contributed by atoms with van der Waals surface area (Å²) in [6.45, 7) is 5.01. The highest BCUT2D eigenvalue weighted by Crippen LogP contribution is 2.26. The maximum Gasteiger partial charge on any atom is 0.257 e. The van der Waals surface area contributed by atoms with Crippen LogP contribution < -0.4 is 4.74 Å². The number of benzene rings is 1. The predicted octanol–water partition coefficient (Wildman–Crippen LogP) is 2.63. The summed E-state index contributed by atoms with van der Waals surface area (Å²) in [7, 11) is 3.52. The van der Waals surface area contributed by atoms with Crippen LogP contribution in [0.4, 0.5) is 0 Å². The molecule has 0 saturated heterocycles. The SMILES string of the molecule is COc1ccc(-c2nc3c([nH]2)CN(C(=O)c2c(C)nn(C)c2C)CC3)cc1. The molecule has 2 aromatic heterocycles. The van der Waals surface area contributed by atoms with Gasteiger partial charge in [0.05, 0.1) is 36.3 Å². The Labute approximate surface area is 158 Å². The Morgan fingerprint density at radius 2 is 1.96 bits per heavy atom. The second-order valence-electron chi connectivity index (χ2n) is 6.89. The number of nitrogens with zero attached hydrogens (tertiary/aromatic N) is 4. The molecule has 7 heteroatoms. The van der Waals surface area contributed by atoms with Gasteiger partial charge in [-0.25, -0.2) is 4.98 Å². The van der Waals surface area contributed by atoms with E-state index in [1.165, 1.54) is 0 Å². The van der Waals surface area contributed by atoms with Crippen molar-refractivity contribution in [2.75, 3.05) is 13.7 Å². The summed E-state index contributed by atoms with van der Waals surface area (Å²) in [6.07, 6.45) is 0.742. The van der Waals surface area contributed by atoms with Gasteiger partial charge >= 0.3 is 0 Å². The Hall–Kier alpha value is -3.09. The number of imidazole rings is 1. The van der Waals surface area contributed by atoms with E-state index in [1.807, 2.05) is 50.1 Å². The zero-order valence-corrected chi connectivity index (χ0v) is 16.0. The monoisotopic (exact) mass is 365 g/mol. The fourth-order valence-electron chi connectivity index (χ4n) is 3.59. The van der Waals surface area contributed by atoms with Crippen LogP contribution in [0.1, 0.15) is 33.1 Å². The minimum Gasteiger partial charge on any atom is -0.497 e. The third-order valence-corrected chi connectivity index (χ3v) is 5.21. The number of H-pyrrole nitrogens is 1. The molecule has 0 radical (unpaired) electrons. The Morgan fingerprint density at radius 3 is 2.59 bits per heavy atom. The van der Waals surface area contributed by atoms with Crippen LogP contribution in [0.25, 0.3) is 11.4 Å². The molecule has 0 saturated carbocycles. The zero-order chi connectivity index (χ0) is 19.1. The predicted molar refractivity (Wildman–Crippen MR) is 102 cm³/mol. The number of rotatable bonds is 3. The van der Waals surface area contributed by atoms with Crippen LogP contribution in [0.3, 0.4) is 0 Å². The molecule has 27 heavy (non-hydrogen) atoms. The van der Waals surface area contributed by atoms with Crippen molar-refractivity contribution in [2.24, 2.45) is 7.05 Å². The first-order chi connectivity index (χ1) is 13.0. The summed E-state index contributed by atoms with van der Waals surface area (Å²) in [5.41, 5.74) is 5.41. The summed E-state index contributed by atoms with van der Waals surface area (Å²) in [5, 5.41) is 4.37. The fraction of sp³-hybridized carbons (Fsp3) is 0.350. The van der Waals surface area contributed by atoms with Crippen LogP contribution in [0.2, 0.25) is 0 Å². The number of hydrogen-bond donors (Lipinski definition) is 1. The van der Waals surface area contributed by atoms with Crippen molar-refractivity contribution in [3.63, 3.8) is 0 Å². The maximum absolute atomic E-state index is 13.0. The van der Waals surface area contributed by atoms with Gasteiger partial charge in [-0.1, -0.05) is 0 Å². The van der Waals surface area contributed by atoms with E-state index in [9.17, 15) is 4.79 Å². The topological polar surface area (TPSA) is 76.0 Å². The van der Waals surface area contributed by atoms with Crippen molar-refractivity contribution in [2.45, 2.75) is 26.8 Å². The van der Waals surface area contributed by atoms with Gasteiger partial charge in [0, 0.05) is 31.3 Å². The smallest absolute Gasteiger partial charge is 0.257 e. The van der Waals surface area contributed by atoms with Gasteiger partial charge < -0.3 is 14.6 Å². The van der Waals surface area contributed by atoms with Crippen LogP contribution in [0, 0.1) is 13.8 Å². The average molecular weight is 365 g/mol. The first kappa shape index (κ1) is 17.3. The number of carbonyl (C=O) groups excluding carboxylic acids is 1. The molecule has 0 spiro atoms. The second kappa shape index (κ2) is 6.57. The summed E-state index contributed by atoms with van der Waals surface area (Å²) in [4.78, 5) is 23.0. The lowest BCUT2D eigenvalue weighted by molar-refractivity contribution is 0.0730. The third kappa shape index (κ3) is 2.99. The van der Waals surface area contributed by atoms with Crippen molar-refractivity contribution in [1.29, 1.82) is 0 Å². The van der Waals surface area contributed by atoms with Crippen molar-refractivity contribution in [3.8, 4) is 17.1 Å². The molecule has 0 unspecified atom stereocenters. The molecule has 0 bridgehead atoms. The van der Waals surface area contributed by atoms with E-state index in [-0.39, 0.29) is 5.91 Å². The molecule has 7 nitrogen and oxygen atoms in total. The van der Waals surface area contributed by atoms with Crippen LogP contribution >= 0.6 is 0 Å². The molecule has 1 aliphatic heterocycles. The van der Waals surface area contributed by atoms with Crippen LogP contribution in [-0.2, 0) is 20.0 Å². The summed E-state index contributed by atoms with van der Waals surface area (Å²) >= 11 is 0. The number of amides is 1. The molecule has 0 atom stereocenters. The van der Waals surface area contributed by atoms with Crippen molar-refractivity contribution < 1.29 is 9.53 Å². The van der Waals surface area contributed by atoms with Crippen molar-refractivity contribution in [3.05, 3.63) is 52.6 Å². The van der Waals surface area contributed by atoms with E-state index in [4.69, 9.17) is 9.72 Å². The van der Waals surface area contributed by atoms with Gasteiger partial charge in [-0.2, -0.15) is 5.10 Å². The molecule has 1 aliphatic rings. The van der Waals surface area contributed by atoms with Crippen molar-refractivity contribution in [1.82, 2.24) is 24.6 Å². The first-order valence-corrected chi connectivity index (χ1v) is 8.99. The summed E-state index contributed by atoms with van der Waals surface area (Å²) in [6, 6.07) is 7.80. The van der Waals surface area contributed by atoms with Gasteiger partial charge in [0.25, 0.3) is 5.91 Å². The molecule has 1 N–H and O–H groups in total. The number of ether oxygens (including phenoxy) is 1. The minimum absolute atomic E-state index is 0.0318. The van der Waals surface area contributed by atoms with E-state index < -0.39 is 0 Å². The molecule has 1 aromatic carbocycles. The van der Waals surface area contributed by atoms with Crippen LogP contribution in [-0.4, -0.2) is 44.2 Å². The number of aromatic amines is 1.